The van der Waals surface area contributed by atoms with Crippen LogP contribution in [-0.2, 0) is 11.3 Å². The Morgan fingerprint density at radius 2 is 1.85 bits per heavy atom. The third-order valence-electron chi connectivity index (χ3n) is 4.74. The molecule has 1 aliphatic heterocycles. The van der Waals surface area contributed by atoms with Crippen molar-refractivity contribution in [3.63, 3.8) is 0 Å². The van der Waals surface area contributed by atoms with Crippen molar-refractivity contribution < 1.29 is 4.79 Å². The predicted octanol–water partition coefficient (Wildman–Crippen LogP) is 2.43. The van der Waals surface area contributed by atoms with Crippen molar-refractivity contribution in [3.8, 4) is 0 Å². The quantitative estimate of drug-likeness (QED) is 0.727. The molecule has 1 aromatic heterocycles. The molecule has 2 N–H and O–H groups in total. The molecular weight excluding hydrogens is 362 g/mol. The average Bonchev–Trinajstić information content (AvgIpc) is 2.70. The van der Waals surface area contributed by atoms with Gasteiger partial charge in [0.15, 0.2) is 0 Å². The second-order valence-electron chi connectivity index (χ2n) is 6.49. The lowest BCUT2D eigenvalue weighted by Crippen LogP contribution is -2.34. The first-order chi connectivity index (χ1) is 13.1. The van der Waals surface area contributed by atoms with Crippen LogP contribution in [0.25, 0.3) is 10.8 Å². The normalized spacial score (nSPS) is 16.1. The zero-order chi connectivity index (χ0) is 18.8. The molecule has 0 saturated heterocycles. The van der Waals surface area contributed by atoms with Gasteiger partial charge in [0, 0.05) is 17.1 Å². The molecule has 2 heterocycles. The highest BCUT2D eigenvalue weighted by Crippen LogP contribution is 2.35. The standard InChI is InChI=1S/C20H19N3O3S/c24-18(21-16-10-12-27-17-8-4-3-7-15(16)17)9-11-23-20(26)14-6-2-1-5-13(14)19(25)22-23/h1-8,16H,9-12H2,(H,21,24)(H,22,25)/t16-/m1/s1. The molecule has 0 spiro atoms. The van der Waals surface area contributed by atoms with E-state index in [1.54, 1.807) is 36.0 Å². The van der Waals surface area contributed by atoms with Gasteiger partial charge in [0.25, 0.3) is 11.1 Å². The summed E-state index contributed by atoms with van der Waals surface area (Å²) >= 11 is 1.80. The molecule has 0 saturated carbocycles. The van der Waals surface area contributed by atoms with Crippen LogP contribution >= 0.6 is 11.8 Å². The highest BCUT2D eigenvalue weighted by atomic mass is 32.2. The molecule has 27 heavy (non-hydrogen) atoms. The van der Waals surface area contributed by atoms with Gasteiger partial charge in [-0.1, -0.05) is 30.3 Å². The van der Waals surface area contributed by atoms with Gasteiger partial charge in [-0.2, -0.15) is 0 Å². The van der Waals surface area contributed by atoms with Gasteiger partial charge in [-0.3, -0.25) is 19.5 Å². The first-order valence-electron chi connectivity index (χ1n) is 8.86. The number of aryl methyl sites for hydroxylation is 1. The molecule has 1 amide bonds. The Hall–Kier alpha value is -2.80. The second-order valence-corrected chi connectivity index (χ2v) is 7.63. The van der Waals surface area contributed by atoms with E-state index in [0.29, 0.717) is 10.8 Å². The maximum Gasteiger partial charge on any atom is 0.273 e. The molecule has 0 unspecified atom stereocenters. The lowest BCUT2D eigenvalue weighted by atomic mass is 10.0. The van der Waals surface area contributed by atoms with Gasteiger partial charge in [0.2, 0.25) is 5.91 Å². The van der Waals surface area contributed by atoms with Gasteiger partial charge >= 0.3 is 0 Å². The summed E-state index contributed by atoms with van der Waals surface area (Å²) in [5.74, 6) is 0.821. The zero-order valence-electron chi connectivity index (χ0n) is 14.6. The van der Waals surface area contributed by atoms with Gasteiger partial charge in [-0.25, -0.2) is 4.68 Å². The lowest BCUT2D eigenvalue weighted by molar-refractivity contribution is -0.122. The van der Waals surface area contributed by atoms with Gasteiger partial charge in [-0.15, -0.1) is 11.8 Å². The maximum absolute atomic E-state index is 12.5. The van der Waals surface area contributed by atoms with E-state index in [1.807, 2.05) is 18.2 Å². The number of nitrogens with zero attached hydrogens (tertiary/aromatic N) is 1. The van der Waals surface area contributed by atoms with E-state index in [4.69, 9.17) is 0 Å². The highest BCUT2D eigenvalue weighted by Gasteiger charge is 2.21. The Morgan fingerprint density at radius 3 is 2.70 bits per heavy atom. The molecule has 0 bridgehead atoms. The van der Waals surface area contributed by atoms with Crippen LogP contribution in [0.15, 0.2) is 63.0 Å². The number of benzene rings is 2. The van der Waals surface area contributed by atoms with E-state index in [2.05, 4.69) is 16.5 Å². The minimum Gasteiger partial charge on any atom is -0.349 e. The SMILES string of the molecule is O=C(CCn1[nH]c(=O)c2ccccc2c1=O)N[C@@H]1CCSc2ccccc21. The molecule has 4 rings (SSSR count). The molecule has 1 aliphatic rings. The smallest absolute Gasteiger partial charge is 0.273 e. The number of thioether (sulfide) groups is 1. The number of carbonyl (C=O) groups excluding carboxylic acids is 1. The number of nitrogens with one attached hydrogen (secondary N) is 2. The van der Waals surface area contributed by atoms with Crippen LogP contribution in [0.4, 0.5) is 0 Å². The lowest BCUT2D eigenvalue weighted by Gasteiger charge is -2.25. The molecule has 2 aromatic carbocycles. The predicted molar refractivity (Wildman–Crippen MR) is 106 cm³/mol. The van der Waals surface area contributed by atoms with E-state index in [-0.39, 0.29) is 36.0 Å². The Kier molecular flexibility index (Phi) is 4.85. The zero-order valence-corrected chi connectivity index (χ0v) is 15.4. The van der Waals surface area contributed by atoms with Crippen molar-refractivity contribution in [2.24, 2.45) is 0 Å². The number of aromatic nitrogens is 2. The van der Waals surface area contributed by atoms with Crippen LogP contribution in [0.1, 0.15) is 24.4 Å². The molecule has 138 valence electrons. The summed E-state index contributed by atoms with van der Waals surface area (Å²) in [6.07, 6.45) is 1.00. The molecule has 3 aromatic rings. The molecule has 0 aliphatic carbocycles. The number of hydrogen-bond donors (Lipinski definition) is 2. The number of H-pyrrole nitrogens is 1. The van der Waals surface area contributed by atoms with E-state index < -0.39 is 0 Å². The maximum atomic E-state index is 12.5. The van der Waals surface area contributed by atoms with E-state index in [9.17, 15) is 14.4 Å². The number of carbonyl (C=O) groups is 1. The van der Waals surface area contributed by atoms with Crippen molar-refractivity contribution in [1.29, 1.82) is 0 Å². The number of rotatable bonds is 4. The largest absolute Gasteiger partial charge is 0.349 e. The Balaban J connectivity index is 1.48. The van der Waals surface area contributed by atoms with Crippen molar-refractivity contribution >= 4 is 28.4 Å². The Labute approximate surface area is 159 Å². The fourth-order valence-electron chi connectivity index (χ4n) is 3.38. The van der Waals surface area contributed by atoms with E-state index >= 15 is 0 Å². The monoisotopic (exact) mass is 381 g/mol. The van der Waals surface area contributed by atoms with Gasteiger partial charge in [-0.05, 0) is 30.2 Å². The highest BCUT2D eigenvalue weighted by molar-refractivity contribution is 7.99. The fraction of sp³-hybridized carbons (Fsp3) is 0.250. The fourth-order valence-corrected chi connectivity index (χ4v) is 4.50. The summed E-state index contributed by atoms with van der Waals surface area (Å²) in [4.78, 5) is 38.3. The minimum absolute atomic E-state index is 0.0117. The van der Waals surface area contributed by atoms with Crippen LogP contribution in [-0.4, -0.2) is 21.4 Å². The Morgan fingerprint density at radius 1 is 1.11 bits per heavy atom. The molecule has 1 atom stereocenters. The van der Waals surface area contributed by atoms with Crippen LogP contribution in [0.2, 0.25) is 0 Å². The van der Waals surface area contributed by atoms with E-state index in [1.165, 1.54) is 9.58 Å². The van der Waals surface area contributed by atoms with Crippen molar-refractivity contribution in [1.82, 2.24) is 15.1 Å². The van der Waals surface area contributed by atoms with Crippen LogP contribution in [0, 0.1) is 0 Å². The summed E-state index contributed by atoms with van der Waals surface area (Å²) in [6, 6.07) is 14.7. The van der Waals surface area contributed by atoms with Crippen LogP contribution in [0.3, 0.4) is 0 Å². The van der Waals surface area contributed by atoms with Crippen molar-refractivity contribution in [2.45, 2.75) is 30.3 Å². The summed E-state index contributed by atoms with van der Waals surface area (Å²) in [7, 11) is 0. The number of fused-ring (bicyclic) bond motifs is 2. The first-order valence-corrected chi connectivity index (χ1v) is 9.85. The van der Waals surface area contributed by atoms with Gasteiger partial charge in [0.1, 0.15) is 0 Å². The van der Waals surface area contributed by atoms with Crippen LogP contribution in [0.5, 0.6) is 0 Å². The molecule has 0 radical (unpaired) electrons. The number of amides is 1. The number of aromatic amines is 1. The van der Waals surface area contributed by atoms with Crippen molar-refractivity contribution in [2.75, 3.05) is 5.75 Å². The molecule has 0 fully saturated rings. The minimum atomic E-state index is -0.330. The molecular formula is C20H19N3O3S. The topological polar surface area (TPSA) is 84.0 Å². The summed E-state index contributed by atoms with van der Waals surface area (Å²) in [5.41, 5.74) is 0.514. The van der Waals surface area contributed by atoms with Gasteiger partial charge in [0.05, 0.1) is 23.4 Å². The third-order valence-corrected chi connectivity index (χ3v) is 5.86. The molecule has 7 heteroatoms. The number of hydrogen-bond acceptors (Lipinski definition) is 4. The van der Waals surface area contributed by atoms with Gasteiger partial charge < -0.3 is 5.32 Å². The van der Waals surface area contributed by atoms with Crippen molar-refractivity contribution in [3.05, 3.63) is 74.8 Å². The second kappa shape index (κ2) is 7.44. The summed E-state index contributed by atoms with van der Waals surface area (Å²) in [5, 5.41) is 6.34. The summed E-state index contributed by atoms with van der Waals surface area (Å²) < 4.78 is 1.22. The molecule has 6 nitrogen and oxygen atoms in total. The summed E-state index contributed by atoms with van der Waals surface area (Å²) in [6.45, 7) is 0.133. The average molecular weight is 381 g/mol. The van der Waals surface area contributed by atoms with Crippen LogP contribution < -0.4 is 16.4 Å². The Bertz CT molecular complexity index is 1120. The first kappa shape index (κ1) is 17.6. The van der Waals surface area contributed by atoms with E-state index in [0.717, 1.165) is 17.7 Å². The third kappa shape index (κ3) is 3.55.